The SMILES string of the molecule is Fc1ccc2c(c1CNc1ncc(OCc3cnccn3)c3nncn13)CCO2. The minimum atomic E-state index is -0.273. The minimum absolute atomic E-state index is 0.228. The molecule has 1 aliphatic rings. The normalized spacial score (nSPS) is 12.6. The Labute approximate surface area is 164 Å². The summed E-state index contributed by atoms with van der Waals surface area (Å²) in [6, 6.07) is 3.09. The Morgan fingerprint density at radius 3 is 3.07 bits per heavy atom. The highest BCUT2D eigenvalue weighted by atomic mass is 19.1. The molecule has 10 heteroatoms. The fourth-order valence-corrected chi connectivity index (χ4v) is 3.26. The summed E-state index contributed by atoms with van der Waals surface area (Å²) in [7, 11) is 0. The molecule has 0 amide bonds. The second kappa shape index (κ2) is 7.30. The third kappa shape index (κ3) is 3.28. The van der Waals surface area contributed by atoms with Gasteiger partial charge in [0.1, 0.15) is 24.5 Å². The van der Waals surface area contributed by atoms with Crippen molar-refractivity contribution >= 4 is 11.6 Å². The highest BCUT2D eigenvalue weighted by Gasteiger charge is 2.20. The summed E-state index contributed by atoms with van der Waals surface area (Å²) in [5.41, 5.74) is 2.64. The summed E-state index contributed by atoms with van der Waals surface area (Å²) in [6.07, 6.45) is 8.59. The molecule has 3 aromatic heterocycles. The van der Waals surface area contributed by atoms with Crippen molar-refractivity contribution in [3.8, 4) is 11.5 Å². The average molecular weight is 393 g/mol. The average Bonchev–Trinajstić information content (AvgIpc) is 3.42. The van der Waals surface area contributed by atoms with E-state index in [4.69, 9.17) is 9.47 Å². The quantitative estimate of drug-likeness (QED) is 0.532. The van der Waals surface area contributed by atoms with Crippen LogP contribution in [-0.2, 0) is 19.6 Å². The van der Waals surface area contributed by atoms with Crippen LogP contribution in [0.25, 0.3) is 5.65 Å². The predicted octanol–water partition coefficient (Wildman–Crippen LogP) is 2.18. The Kier molecular flexibility index (Phi) is 4.35. The Hall–Kier alpha value is -3.82. The van der Waals surface area contributed by atoms with Crippen molar-refractivity contribution in [1.82, 2.24) is 29.5 Å². The predicted molar refractivity (Wildman–Crippen MR) is 100 cm³/mol. The lowest BCUT2D eigenvalue weighted by Crippen LogP contribution is -2.10. The highest BCUT2D eigenvalue weighted by Crippen LogP contribution is 2.30. The lowest BCUT2D eigenvalue weighted by Gasteiger charge is -2.12. The number of rotatable bonds is 6. The van der Waals surface area contributed by atoms with Gasteiger partial charge in [-0.05, 0) is 12.1 Å². The summed E-state index contributed by atoms with van der Waals surface area (Å²) in [5.74, 6) is 1.40. The molecule has 5 rings (SSSR count). The molecule has 0 atom stereocenters. The molecule has 9 nitrogen and oxygen atoms in total. The molecular weight excluding hydrogens is 377 g/mol. The summed E-state index contributed by atoms with van der Waals surface area (Å²) < 4.78 is 27.3. The zero-order valence-corrected chi connectivity index (χ0v) is 15.2. The van der Waals surface area contributed by atoms with E-state index in [9.17, 15) is 4.39 Å². The first-order valence-corrected chi connectivity index (χ1v) is 9.03. The van der Waals surface area contributed by atoms with Gasteiger partial charge in [-0.2, -0.15) is 0 Å². The van der Waals surface area contributed by atoms with Crippen LogP contribution in [0, 0.1) is 5.82 Å². The maximum atomic E-state index is 14.3. The van der Waals surface area contributed by atoms with E-state index < -0.39 is 0 Å². The number of nitrogens with one attached hydrogen (secondary N) is 1. The van der Waals surface area contributed by atoms with Crippen molar-refractivity contribution in [2.75, 3.05) is 11.9 Å². The van der Waals surface area contributed by atoms with Gasteiger partial charge in [0.05, 0.1) is 24.7 Å². The molecule has 0 saturated carbocycles. The van der Waals surface area contributed by atoms with Gasteiger partial charge in [-0.25, -0.2) is 13.8 Å². The molecule has 0 spiro atoms. The highest BCUT2D eigenvalue weighted by molar-refractivity contribution is 5.56. The first-order valence-electron chi connectivity index (χ1n) is 9.03. The monoisotopic (exact) mass is 393 g/mol. The van der Waals surface area contributed by atoms with Crippen LogP contribution in [0.5, 0.6) is 11.5 Å². The van der Waals surface area contributed by atoms with Crippen molar-refractivity contribution in [3.05, 3.63) is 65.9 Å². The molecule has 0 fully saturated rings. The number of aromatic nitrogens is 6. The topological polar surface area (TPSA) is 99.4 Å². The number of nitrogens with zero attached hydrogens (tertiary/aromatic N) is 6. The van der Waals surface area contributed by atoms with Crippen LogP contribution < -0.4 is 14.8 Å². The van der Waals surface area contributed by atoms with Crippen molar-refractivity contribution in [2.45, 2.75) is 19.6 Å². The Balaban J connectivity index is 1.37. The molecule has 1 aromatic carbocycles. The van der Waals surface area contributed by atoms with Crippen molar-refractivity contribution in [3.63, 3.8) is 0 Å². The van der Waals surface area contributed by atoms with Crippen molar-refractivity contribution in [2.24, 2.45) is 0 Å². The molecule has 0 unspecified atom stereocenters. The number of halogens is 1. The van der Waals surface area contributed by atoms with Gasteiger partial charge in [-0.3, -0.25) is 9.97 Å². The molecule has 146 valence electrons. The maximum Gasteiger partial charge on any atom is 0.210 e. The number of fused-ring (bicyclic) bond motifs is 2. The second-order valence-corrected chi connectivity index (χ2v) is 6.41. The standard InChI is InChI=1S/C19H16FN7O2/c20-15-1-2-16-13(3-6-28-16)14(15)8-23-19-24-9-17(18-26-25-11-27(18)19)29-10-12-7-21-4-5-22-12/h1-2,4-5,7,9,11H,3,6,8,10H2,(H,23,24). The fraction of sp³-hybridized carbons (Fsp3) is 0.211. The van der Waals surface area contributed by atoms with Crippen molar-refractivity contribution < 1.29 is 13.9 Å². The molecule has 1 aliphatic heterocycles. The molecule has 0 saturated heterocycles. The first kappa shape index (κ1) is 17.3. The van der Waals surface area contributed by atoms with Crippen LogP contribution in [0.3, 0.4) is 0 Å². The Morgan fingerprint density at radius 2 is 2.17 bits per heavy atom. The van der Waals surface area contributed by atoms with Gasteiger partial charge in [0.15, 0.2) is 5.75 Å². The third-order valence-corrected chi connectivity index (χ3v) is 4.66. The van der Waals surface area contributed by atoms with Crippen LogP contribution in [-0.4, -0.2) is 36.2 Å². The van der Waals surface area contributed by atoms with Gasteiger partial charge in [-0.15, -0.1) is 10.2 Å². The molecule has 1 N–H and O–H groups in total. The number of hydrogen-bond donors (Lipinski definition) is 1. The maximum absolute atomic E-state index is 14.3. The zero-order valence-electron chi connectivity index (χ0n) is 15.2. The smallest absolute Gasteiger partial charge is 0.210 e. The van der Waals surface area contributed by atoms with Gasteiger partial charge in [0.2, 0.25) is 11.6 Å². The van der Waals surface area contributed by atoms with Crippen molar-refractivity contribution in [1.29, 1.82) is 0 Å². The fourth-order valence-electron chi connectivity index (χ4n) is 3.26. The number of benzene rings is 1. The van der Waals surface area contributed by atoms with Gasteiger partial charge in [-0.1, -0.05) is 0 Å². The van der Waals surface area contributed by atoms with Gasteiger partial charge < -0.3 is 14.8 Å². The largest absolute Gasteiger partial charge is 0.493 e. The van der Waals surface area contributed by atoms with Crippen LogP contribution >= 0.6 is 0 Å². The van der Waals surface area contributed by atoms with E-state index in [1.165, 1.54) is 12.4 Å². The second-order valence-electron chi connectivity index (χ2n) is 6.41. The minimum Gasteiger partial charge on any atom is -0.493 e. The van der Waals surface area contributed by atoms with Crippen LogP contribution in [0.15, 0.2) is 43.2 Å². The number of anilines is 1. The number of hydrogen-bond acceptors (Lipinski definition) is 8. The zero-order chi connectivity index (χ0) is 19.6. The molecule has 29 heavy (non-hydrogen) atoms. The van der Waals surface area contributed by atoms with E-state index in [0.29, 0.717) is 41.6 Å². The lowest BCUT2D eigenvalue weighted by molar-refractivity contribution is 0.301. The molecule has 0 aliphatic carbocycles. The van der Waals surface area contributed by atoms with Gasteiger partial charge in [0, 0.05) is 36.5 Å². The van der Waals surface area contributed by atoms with E-state index in [-0.39, 0.29) is 19.0 Å². The number of ether oxygens (including phenoxy) is 2. The van der Waals surface area contributed by atoms with Crippen LogP contribution in [0.1, 0.15) is 16.8 Å². The van der Waals surface area contributed by atoms with E-state index in [2.05, 4.69) is 30.5 Å². The van der Waals surface area contributed by atoms with E-state index >= 15 is 0 Å². The molecule has 4 heterocycles. The summed E-state index contributed by atoms with van der Waals surface area (Å²) in [4.78, 5) is 12.6. The first-order chi connectivity index (χ1) is 14.3. The summed E-state index contributed by atoms with van der Waals surface area (Å²) in [5, 5.41) is 11.2. The molecule has 0 radical (unpaired) electrons. The van der Waals surface area contributed by atoms with E-state index in [1.807, 2.05) is 0 Å². The molecule has 0 bridgehead atoms. The van der Waals surface area contributed by atoms with Gasteiger partial charge >= 0.3 is 0 Å². The van der Waals surface area contributed by atoms with Crippen LogP contribution in [0.2, 0.25) is 0 Å². The van der Waals surface area contributed by atoms with E-state index in [0.717, 1.165) is 11.3 Å². The summed E-state index contributed by atoms with van der Waals surface area (Å²) >= 11 is 0. The van der Waals surface area contributed by atoms with Crippen LogP contribution in [0.4, 0.5) is 10.3 Å². The van der Waals surface area contributed by atoms with Gasteiger partial charge in [0.25, 0.3) is 0 Å². The lowest BCUT2D eigenvalue weighted by atomic mass is 10.0. The Bertz CT molecular complexity index is 1170. The molecular formula is C19H16FN7O2. The third-order valence-electron chi connectivity index (χ3n) is 4.66. The molecule has 4 aromatic rings. The van der Waals surface area contributed by atoms with E-state index in [1.54, 1.807) is 35.3 Å². The summed E-state index contributed by atoms with van der Waals surface area (Å²) in [6.45, 7) is 1.06. The Morgan fingerprint density at radius 1 is 1.21 bits per heavy atom.